The fourth-order valence-electron chi connectivity index (χ4n) is 3.26. The Labute approximate surface area is 177 Å². The number of nitrogens with one attached hydrogen (secondary N) is 1. The number of hydrogen-bond donors (Lipinski definition) is 1. The van der Waals surface area contributed by atoms with E-state index in [4.69, 9.17) is 9.47 Å². The quantitative estimate of drug-likeness (QED) is 0.396. The SMILES string of the molecule is CN=C(NCc1ncnn1C)N1CCC(c2cc(OC)cc(OC)c2)C1.I. The van der Waals surface area contributed by atoms with Gasteiger partial charge in [-0.05, 0) is 24.1 Å². The van der Waals surface area contributed by atoms with Gasteiger partial charge in [-0.3, -0.25) is 9.67 Å². The Bertz CT molecular complexity index is 757. The summed E-state index contributed by atoms with van der Waals surface area (Å²) >= 11 is 0. The maximum atomic E-state index is 5.40. The average Bonchev–Trinajstić information content (AvgIpc) is 3.31. The molecule has 0 spiro atoms. The van der Waals surface area contributed by atoms with Crippen molar-refractivity contribution in [3.63, 3.8) is 0 Å². The van der Waals surface area contributed by atoms with Gasteiger partial charge in [0.2, 0.25) is 0 Å². The van der Waals surface area contributed by atoms with Gasteiger partial charge in [0, 0.05) is 39.2 Å². The lowest BCUT2D eigenvalue weighted by molar-refractivity contribution is 0.392. The molecule has 8 nitrogen and oxygen atoms in total. The summed E-state index contributed by atoms with van der Waals surface area (Å²) in [5.74, 6) is 3.81. The third-order valence-electron chi connectivity index (χ3n) is 4.75. The van der Waals surface area contributed by atoms with Crippen molar-refractivity contribution in [2.24, 2.45) is 12.0 Å². The second kappa shape index (κ2) is 9.77. The molecule has 0 aliphatic carbocycles. The Hall–Kier alpha value is -2.04. The first-order chi connectivity index (χ1) is 12.6. The van der Waals surface area contributed by atoms with Gasteiger partial charge in [0.05, 0.1) is 20.8 Å². The molecule has 2 heterocycles. The van der Waals surface area contributed by atoms with E-state index in [-0.39, 0.29) is 24.0 Å². The van der Waals surface area contributed by atoms with E-state index in [1.54, 1.807) is 32.3 Å². The summed E-state index contributed by atoms with van der Waals surface area (Å²) < 4.78 is 12.6. The number of aromatic nitrogens is 3. The zero-order valence-electron chi connectivity index (χ0n) is 16.2. The molecule has 0 bridgehead atoms. The highest BCUT2D eigenvalue weighted by atomic mass is 127. The lowest BCUT2D eigenvalue weighted by atomic mass is 9.98. The van der Waals surface area contributed by atoms with Crippen LogP contribution in [0, 0.1) is 0 Å². The Balaban J connectivity index is 0.00000261. The van der Waals surface area contributed by atoms with Crippen LogP contribution in [0.15, 0.2) is 29.5 Å². The van der Waals surface area contributed by atoms with Crippen molar-refractivity contribution in [3.8, 4) is 11.5 Å². The zero-order valence-corrected chi connectivity index (χ0v) is 18.5. The number of likely N-dealkylation sites (tertiary alicyclic amines) is 1. The first-order valence-electron chi connectivity index (χ1n) is 8.66. The van der Waals surface area contributed by atoms with E-state index in [0.717, 1.165) is 42.8 Å². The summed E-state index contributed by atoms with van der Waals surface area (Å²) in [7, 11) is 7.05. The van der Waals surface area contributed by atoms with Gasteiger partial charge in [-0.25, -0.2) is 4.98 Å². The zero-order chi connectivity index (χ0) is 18.5. The molecule has 148 valence electrons. The monoisotopic (exact) mass is 486 g/mol. The third-order valence-corrected chi connectivity index (χ3v) is 4.75. The van der Waals surface area contributed by atoms with Gasteiger partial charge < -0.3 is 19.7 Å². The molecule has 1 aromatic carbocycles. The summed E-state index contributed by atoms with van der Waals surface area (Å²) in [6, 6.07) is 6.08. The maximum absolute atomic E-state index is 5.40. The Kier molecular flexibility index (Phi) is 7.69. The first-order valence-corrected chi connectivity index (χ1v) is 8.66. The predicted molar refractivity (Wildman–Crippen MR) is 115 cm³/mol. The lowest BCUT2D eigenvalue weighted by Crippen LogP contribution is -2.40. The number of methoxy groups -OCH3 is 2. The molecular formula is C18H27IN6O2. The highest BCUT2D eigenvalue weighted by Crippen LogP contribution is 2.32. The van der Waals surface area contributed by atoms with Crippen LogP contribution in [0.25, 0.3) is 0 Å². The van der Waals surface area contributed by atoms with Crippen molar-refractivity contribution in [3.05, 3.63) is 35.9 Å². The van der Waals surface area contributed by atoms with Crippen LogP contribution in [0.1, 0.15) is 23.7 Å². The molecule has 1 unspecified atom stereocenters. The molecule has 1 atom stereocenters. The highest BCUT2D eigenvalue weighted by Gasteiger charge is 2.27. The molecule has 1 aliphatic heterocycles. The smallest absolute Gasteiger partial charge is 0.194 e. The molecule has 1 saturated heterocycles. The third kappa shape index (κ3) is 5.02. The number of nitrogens with zero attached hydrogens (tertiary/aromatic N) is 5. The van der Waals surface area contributed by atoms with Crippen molar-refractivity contribution in [2.45, 2.75) is 18.9 Å². The number of hydrogen-bond acceptors (Lipinski definition) is 5. The van der Waals surface area contributed by atoms with E-state index in [1.165, 1.54) is 5.56 Å². The van der Waals surface area contributed by atoms with E-state index in [2.05, 4.69) is 37.4 Å². The van der Waals surface area contributed by atoms with Gasteiger partial charge in [0.1, 0.15) is 23.7 Å². The number of rotatable bonds is 5. The van der Waals surface area contributed by atoms with Crippen molar-refractivity contribution in [1.82, 2.24) is 25.0 Å². The van der Waals surface area contributed by atoms with Crippen LogP contribution in [0.3, 0.4) is 0 Å². The fourth-order valence-corrected chi connectivity index (χ4v) is 3.26. The molecule has 1 fully saturated rings. The van der Waals surface area contributed by atoms with E-state index >= 15 is 0 Å². The minimum Gasteiger partial charge on any atom is -0.497 e. The van der Waals surface area contributed by atoms with Crippen LogP contribution in [0.2, 0.25) is 0 Å². The molecule has 9 heteroatoms. The number of guanidine groups is 1. The van der Waals surface area contributed by atoms with E-state index < -0.39 is 0 Å². The van der Waals surface area contributed by atoms with Crippen LogP contribution >= 0.6 is 24.0 Å². The first kappa shape index (κ1) is 21.3. The molecule has 0 saturated carbocycles. The van der Waals surface area contributed by atoms with Crippen molar-refractivity contribution < 1.29 is 9.47 Å². The number of aryl methyl sites for hydroxylation is 1. The van der Waals surface area contributed by atoms with E-state index in [1.807, 2.05) is 13.1 Å². The van der Waals surface area contributed by atoms with Crippen LogP contribution in [-0.2, 0) is 13.6 Å². The molecule has 1 aromatic heterocycles. The van der Waals surface area contributed by atoms with Gasteiger partial charge in [0.15, 0.2) is 5.96 Å². The van der Waals surface area contributed by atoms with Crippen LogP contribution in [0.5, 0.6) is 11.5 Å². The number of halogens is 1. The second-order valence-corrected chi connectivity index (χ2v) is 6.28. The topological polar surface area (TPSA) is 76.8 Å². The molecule has 3 rings (SSSR count). The molecule has 1 aliphatic rings. The van der Waals surface area contributed by atoms with Crippen LogP contribution in [0.4, 0.5) is 0 Å². The van der Waals surface area contributed by atoms with Gasteiger partial charge in [0.25, 0.3) is 0 Å². The minimum atomic E-state index is 0. The molecule has 1 N–H and O–H groups in total. The van der Waals surface area contributed by atoms with Gasteiger partial charge >= 0.3 is 0 Å². The van der Waals surface area contributed by atoms with Crippen molar-refractivity contribution in [2.75, 3.05) is 34.4 Å². The lowest BCUT2D eigenvalue weighted by Gasteiger charge is -2.21. The van der Waals surface area contributed by atoms with E-state index in [9.17, 15) is 0 Å². The van der Waals surface area contributed by atoms with Crippen molar-refractivity contribution in [1.29, 1.82) is 0 Å². The second-order valence-electron chi connectivity index (χ2n) is 6.28. The summed E-state index contributed by atoms with van der Waals surface area (Å²) in [5.41, 5.74) is 1.23. The molecule has 27 heavy (non-hydrogen) atoms. The number of aliphatic imine (C=N–C) groups is 1. The summed E-state index contributed by atoms with van der Waals surface area (Å²) in [5, 5.41) is 7.47. The molecular weight excluding hydrogens is 459 g/mol. The minimum absolute atomic E-state index is 0. The average molecular weight is 486 g/mol. The van der Waals surface area contributed by atoms with Crippen molar-refractivity contribution >= 4 is 29.9 Å². The predicted octanol–water partition coefficient (Wildman–Crippen LogP) is 2.02. The fraction of sp³-hybridized carbons (Fsp3) is 0.500. The standard InChI is InChI=1S/C18H26N6O2.HI/c1-19-18(20-10-17-21-12-22-23(17)2)24-6-5-13(11-24)14-7-15(25-3)9-16(8-14)26-4;/h7-9,12-13H,5-6,10-11H2,1-4H3,(H,19,20);1H. The summed E-state index contributed by atoms with van der Waals surface area (Å²) in [4.78, 5) is 10.9. The van der Waals surface area contributed by atoms with Crippen LogP contribution < -0.4 is 14.8 Å². The Morgan fingerprint density at radius 3 is 2.52 bits per heavy atom. The Morgan fingerprint density at radius 2 is 1.96 bits per heavy atom. The molecule has 0 radical (unpaired) electrons. The summed E-state index contributed by atoms with van der Waals surface area (Å²) in [6.07, 6.45) is 2.61. The number of ether oxygens (including phenoxy) is 2. The van der Waals surface area contributed by atoms with Crippen LogP contribution in [-0.4, -0.2) is 60.0 Å². The van der Waals surface area contributed by atoms with Gasteiger partial charge in [-0.2, -0.15) is 5.10 Å². The summed E-state index contributed by atoms with van der Waals surface area (Å²) in [6.45, 7) is 2.44. The highest BCUT2D eigenvalue weighted by molar-refractivity contribution is 14.0. The number of benzene rings is 1. The normalized spacial score (nSPS) is 16.8. The largest absolute Gasteiger partial charge is 0.497 e. The molecule has 0 amide bonds. The van der Waals surface area contributed by atoms with E-state index in [0.29, 0.717) is 12.5 Å². The Morgan fingerprint density at radius 1 is 1.26 bits per heavy atom. The molecule has 2 aromatic rings. The van der Waals surface area contributed by atoms with Gasteiger partial charge in [-0.1, -0.05) is 0 Å². The van der Waals surface area contributed by atoms with Gasteiger partial charge in [-0.15, -0.1) is 24.0 Å². The maximum Gasteiger partial charge on any atom is 0.194 e.